The summed E-state index contributed by atoms with van der Waals surface area (Å²) in [6, 6.07) is 11.5. The lowest BCUT2D eigenvalue weighted by molar-refractivity contribution is -0.123. The lowest BCUT2D eigenvalue weighted by atomic mass is 9.95. The Morgan fingerprint density at radius 2 is 1.89 bits per heavy atom. The van der Waals surface area contributed by atoms with Crippen LogP contribution in [-0.2, 0) is 14.8 Å². The van der Waals surface area contributed by atoms with Gasteiger partial charge in [0.25, 0.3) is 5.91 Å². The summed E-state index contributed by atoms with van der Waals surface area (Å²) in [7, 11) is -3.76. The van der Waals surface area contributed by atoms with Crippen LogP contribution in [0.5, 0.6) is 0 Å². The minimum atomic E-state index is -3.76. The fourth-order valence-corrected chi connectivity index (χ4v) is 5.39. The Bertz CT molecular complexity index is 1050. The summed E-state index contributed by atoms with van der Waals surface area (Å²) in [5, 5.41) is 2.77. The number of amides is 2. The number of aryl methyl sites for hydroxylation is 1. The van der Waals surface area contributed by atoms with E-state index < -0.39 is 27.3 Å². The first-order valence-electron chi connectivity index (χ1n) is 8.26. The second-order valence-electron chi connectivity index (χ2n) is 7.18. The van der Waals surface area contributed by atoms with Crippen LogP contribution in [0.2, 0.25) is 0 Å². The van der Waals surface area contributed by atoms with Gasteiger partial charge < -0.3 is 5.32 Å². The highest BCUT2D eigenvalue weighted by atomic mass is 79.9. The molecule has 8 heteroatoms. The van der Waals surface area contributed by atoms with E-state index in [0.717, 1.165) is 14.3 Å². The van der Waals surface area contributed by atoms with Crippen molar-refractivity contribution in [3.63, 3.8) is 0 Å². The molecule has 2 amide bonds. The second-order valence-corrected chi connectivity index (χ2v) is 9.85. The number of carbonyl (C=O) groups is 2. The highest BCUT2D eigenvalue weighted by Gasteiger charge is 2.49. The molecular weight excluding hydrogens is 432 g/mol. The number of carbonyl (C=O) groups excluding carboxylic acids is 2. The monoisotopic (exact) mass is 450 g/mol. The standard InChI is InChI=1S/C19H19BrN2O4S/c1-12-7-8-14(10-16(12)20)21-17(23)13-5-4-6-15(9-13)22-18(24)19(2,3)11-27(22,25)26/h4-10H,11H2,1-3H3,(H,21,23). The number of nitrogens with one attached hydrogen (secondary N) is 1. The Morgan fingerprint density at radius 1 is 1.19 bits per heavy atom. The molecule has 1 fully saturated rings. The van der Waals surface area contributed by atoms with Gasteiger partial charge in [-0.2, -0.15) is 0 Å². The van der Waals surface area contributed by atoms with Crippen LogP contribution >= 0.6 is 15.9 Å². The van der Waals surface area contributed by atoms with E-state index in [2.05, 4.69) is 21.2 Å². The molecule has 3 rings (SSSR count). The fraction of sp³-hybridized carbons (Fsp3) is 0.263. The Morgan fingerprint density at radius 3 is 2.48 bits per heavy atom. The molecule has 0 atom stereocenters. The summed E-state index contributed by atoms with van der Waals surface area (Å²) < 4.78 is 26.5. The number of nitrogens with zero attached hydrogens (tertiary/aromatic N) is 1. The van der Waals surface area contributed by atoms with E-state index in [1.165, 1.54) is 12.1 Å². The van der Waals surface area contributed by atoms with Crippen molar-refractivity contribution in [2.24, 2.45) is 5.41 Å². The van der Waals surface area contributed by atoms with Crippen molar-refractivity contribution in [1.29, 1.82) is 0 Å². The SMILES string of the molecule is Cc1ccc(NC(=O)c2cccc(N3C(=O)C(C)(C)CS3(=O)=O)c2)cc1Br. The third-order valence-electron chi connectivity index (χ3n) is 4.36. The maximum Gasteiger partial charge on any atom is 0.255 e. The van der Waals surface area contributed by atoms with E-state index in [1.807, 2.05) is 13.0 Å². The van der Waals surface area contributed by atoms with E-state index in [9.17, 15) is 18.0 Å². The molecule has 2 aromatic rings. The highest BCUT2D eigenvalue weighted by molar-refractivity contribution is 9.10. The maximum absolute atomic E-state index is 12.6. The van der Waals surface area contributed by atoms with Gasteiger partial charge in [-0.05, 0) is 56.7 Å². The molecule has 1 saturated heterocycles. The van der Waals surface area contributed by atoms with Gasteiger partial charge in [-0.15, -0.1) is 0 Å². The summed E-state index contributed by atoms with van der Waals surface area (Å²) in [6.45, 7) is 5.13. The van der Waals surface area contributed by atoms with Gasteiger partial charge in [-0.3, -0.25) is 9.59 Å². The summed E-state index contributed by atoms with van der Waals surface area (Å²) in [4.78, 5) is 25.1. The molecule has 27 heavy (non-hydrogen) atoms. The molecule has 1 heterocycles. The predicted octanol–water partition coefficient (Wildman–Crippen LogP) is 3.71. The third kappa shape index (κ3) is 3.77. The Labute approximate surface area is 166 Å². The fourth-order valence-electron chi connectivity index (χ4n) is 2.91. The van der Waals surface area contributed by atoms with Gasteiger partial charge in [0.1, 0.15) is 0 Å². The van der Waals surface area contributed by atoms with Gasteiger partial charge in [0.05, 0.1) is 16.9 Å². The van der Waals surface area contributed by atoms with E-state index in [4.69, 9.17) is 0 Å². The first-order valence-corrected chi connectivity index (χ1v) is 10.7. The molecule has 0 radical (unpaired) electrons. The lowest BCUT2D eigenvalue weighted by Crippen LogP contribution is -2.33. The summed E-state index contributed by atoms with van der Waals surface area (Å²) in [6.07, 6.45) is 0. The van der Waals surface area contributed by atoms with Crippen LogP contribution in [0.15, 0.2) is 46.9 Å². The number of sulfonamides is 1. The zero-order chi connectivity index (χ0) is 20.0. The maximum atomic E-state index is 12.6. The summed E-state index contributed by atoms with van der Waals surface area (Å²) in [5.41, 5.74) is 1.08. The molecular formula is C19H19BrN2O4S. The number of halogens is 1. The molecule has 0 aromatic heterocycles. The molecule has 0 unspecified atom stereocenters. The number of benzene rings is 2. The van der Waals surface area contributed by atoms with Crippen molar-refractivity contribution in [3.05, 3.63) is 58.1 Å². The third-order valence-corrected chi connectivity index (χ3v) is 7.23. The average molecular weight is 451 g/mol. The van der Waals surface area contributed by atoms with Crippen LogP contribution in [0.1, 0.15) is 29.8 Å². The minimum Gasteiger partial charge on any atom is -0.322 e. The zero-order valence-electron chi connectivity index (χ0n) is 15.1. The van der Waals surface area contributed by atoms with Crippen molar-refractivity contribution in [3.8, 4) is 0 Å². The number of hydrogen-bond acceptors (Lipinski definition) is 4. The van der Waals surface area contributed by atoms with Gasteiger partial charge in [0.2, 0.25) is 15.9 Å². The Balaban J connectivity index is 1.90. The van der Waals surface area contributed by atoms with Crippen LogP contribution in [0.4, 0.5) is 11.4 Å². The molecule has 1 N–H and O–H groups in total. The first kappa shape index (κ1) is 19.6. The zero-order valence-corrected chi connectivity index (χ0v) is 17.5. The topological polar surface area (TPSA) is 83.6 Å². The number of hydrogen-bond donors (Lipinski definition) is 1. The van der Waals surface area contributed by atoms with Gasteiger partial charge in [0, 0.05) is 15.7 Å². The predicted molar refractivity (Wildman–Crippen MR) is 108 cm³/mol. The average Bonchev–Trinajstić information content (AvgIpc) is 2.74. The van der Waals surface area contributed by atoms with Gasteiger partial charge >= 0.3 is 0 Å². The van der Waals surface area contributed by atoms with Crippen LogP contribution in [-0.4, -0.2) is 26.0 Å². The molecule has 2 aromatic carbocycles. The van der Waals surface area contributed by atoms with E-state index in [1.54, 1.807) is 38.1 Å². The van der Waals surface area contributed by atoms with Crippen molar-refractivity contribution >= 4 is 49.1 Å². The van der Waals surface area contributed by atoms with Crippen molar-refractivity contribution in [2.75, 3.05) is 15.4 Å². The molecule has 0 aliphatic carbocycles. The summed E-state index contributed by atoms with van der Waals surface area (Å²) in [5.74, 6) is -1.15. The smallest absolute Gasteiger partial charge is 0.255 e. The number of anilines is 2. The molecule has 1 aliphatic rings. The van der Waals surface area contributed by atoms with Crippen LogP contribution in [0, 0.1) is 12.3 Å². The van der Waals surface area contributed by atoms with Gasteiger partial charge in [-0.25, -0.2) is 12.7 Å². The van der Waals surface area contributed by atoms with Crippen LogP contribution in [0.3, 0.4) is 0 Å². The molecule has 0 bridgehead atoms. The first-order chi connectivity index (χ1) is 12.5. The van der Waals surface area contributed by atoms with Crippen molar-refractivity contribution in [2.45, 2.75) is 20.8 Å². The number of rotatable bonds is 3. The van der Waals surface area contributed by atoms with E-state index in [-0.39, 0.29) is 17.0 Å². The molecule has 6 nitrogen and oxygen atoms in total. The van der Waals surface area contributed by atoms with Crippen LogP contribution < -0.4 is 9.62 Å². The molecule has 1 aliphatic heterocycles. The highest BCUT2D eigenvalue weighted by Crippen LogP contribution is 2.36. The van der Waals surface area contributed by atoms with Gasteiger partial charge in [-0.1, -0.05) is 28.1 Å². The molecule has 0 spiro atoms. The lowest BCUT2D eigenvalue weighted by Gasteiger charge is -2.18. The van der Waals surface area contributed by atoms with Crippen molar-refractivity contribution < 1.29 is 18.0 Å². The Kier molecular flexibility index (Phi) is 4.90. The molecule has 142 valence electrons. The largest absolute Gasteiger partial charge is 0.322 e. The van der Waals surface area contributed by atoms with Crippen LogP contribution in [0.25, 0.3) is 0 Å². The summed E-state index contributed by atoms with van der Waals surface area (Å²) >= 11 is 3.42. The quantitative estimate of drug-likeness (QED) is 0.771. The van der Waals surface area contributed by atoms with E-state index >= 15 is 0 Å². The Hall–Kier alpha value is -2.19. The van der Waals surface area contributed by atoms with Crippen molar-refractivity contribution in [1.82, 2.24) is 0 Å². The molecule has 0 saturated carbocycles. The van der Waals surface area contributed by atoms with Gasteiger partial charge in [0.15, 0.2) is 0 Å². The second kappa shape index (κ2) is 6.76. The van der Waals surface area contributed by atoms with E-state index in [0.29, 0.717) is 5.69 Å². The normalized spacial score (nSPS) is 17.8. The minimum absolute atomic E-state index is 0.170.